The van der Waals surface area contributed by atoms with E-state index in [0.29, 0.717) is 16.3 Å². The zero-order chi connectivity index (χ0) is 21.1. The van der Waals surface area contributed by atoms with Gasteiger partial charge in [0.1, 0.15) is 5.69 Å². The third kappa shape index (κ3) is 4.22. The number of nitrogens with zero attached hydrogens (tertiary/aromatic N) is 3. The van der Waals surface area contributed by atoms with E-state index in [-0.39, 0.29) is 12.1 Å². The molecule has 3 amide bonds. The van der Waals surface area contributed by atoms with E-state index in [2.05, 4.69) is 27.5 Å². The molecule has 3 aromatic rings. The molecule has 1 aromatic carbocycles. The number of benzene rings is 1. The number of likely N-dealkylation sites (tertiary alicyclic amines) is 1. The lowest BCUT2D eigenvalue weighted by Gasteiger charge is -2.31. The van der Waals surface area contributed by atoms with Gasteiger partial charge in [0.05, 0.1) is 21.1 Å². The second-order valence-electron chi connectivity index (χ2n) is 7.35. The van der Waals surface area contributed by atoms with Gasteiger partial charge in [0, 0.05) is 12.2 Å². The molecule has 0 radical (unpaired) electrons. The maximum atomic E-state index is 13.4. The van der Waals surface area contributed by atoms with Crippen LogP contribution in [0.5, 0.6) is 0 Å². The minimum Gasteiger partial charge on any atom is -0.365 e. The van der Waals surface area contributed by atoms with Gasteiger partial charge < -0.3 is 16.0 Å². The van der Waals surface area contributed by atoms with Crippen LogP contribution in [0.2, 0.25) is 0 Å². The number of rotatable bonds is 5. The summed E-state index contributed by atoms with van der Waals surface area (Å²) in [4.78, 5) is 30.0. The first-order valence-electron chi connectivity index (χ1n) is 9.81. The van der Waals surface area contributed by atoms with Crippen LogP contribution in [0, 0.1) is 0 Å². The molecular formula is C21H24N6O2S. The normalized spacial score (nSPS) is 15.1. The lowest BCUT2D eigenvalue weighted by atomic mass is 10.1. The number of urea groups is 1. The summed E-state index contributed by atoms with van der Waals surface area (Å²) < 4.78 is 0. The van der Waals surface area contributed by atoms with Gasteiger partial charge in [0.15, 0.2) is 0 Å². The number of para-hydroxylation sites is 1. The molecule has 1 aliphatic rings. The number of carbonyl (C=O) groups is 2. The second kappa shape index (κ2) is 8.68. The molecule has 4 N–H and O–H groups in total. The Balaban J connectivity index is 1.67. The molecule has 30 heavy (non-hydrogen) atoms. The SMILES string of the molecule is CN1CCC(NC(=O)N(c2ccccc2)c2c[nH]nc2-c2ccc(C(N)=O)s2)CC1. The smallest absolute Gasteiger partial charge is 0.326 e. The van der Waals surface area contributed by atoms with E-state index < -0.39 is 5.91 Å². The quantitative estimate of drug-likeness (QED) is 0.585. The summed E-state index contributed by atoms with van der Waals surface area (Å²) in [5.41, 5.74) is 7.34. The van der Waals surface area contributed by atoms with E-state index in [4.69, 9.17) is 5.73 Å². The maximum Gasteiger partial charge on any atom is 0.326 e. The molecule has 1 saturated heterocycles. The van der Waals surface area contributed by atoms with Gasteiger partial charge in [-0.1, -0.05) is 18.2 Å². The van der Waals surface area contributed by atoms with Crippen LogP contribution in [0.25, 0.3) is 10.6 Å². The van der Waals surface area contributed by atoms with Crippen LogP contribution < -0.4 is 16.0 Å². The number of hydrogen-bond donors (Lipinski definition) is 3. The summed E-state index contributed by atoms with van der Waals surface area (Å²) >= 11 is 1.25. The number of carbonyl (C=O) groups excluding carboxylic acids is 2. The molecule has 0 atom stereocenters. The van der Waals surface area contributed by atoms with Gasteiger partial charge in [-0.25, -0.2) is 4.79 Å². The predicted octanol–water partition coefficient (Wildman–Crippen LogP) is 3.18. The summed E-state index contributed by atoms with van der Waals surface area (Å²) in [6, 6.07) is 12.8. The molecule has 0 bridgehead atoms. The molecule has 156 valence electrons. The first kappa shape index (κ1) is 20.1. The Kier molecular flexibility index (Phi) is 5.82. The maximum absolute atomic E-state index is 13.4. The van der Waals surface area contributed by atoms with Crippen molar-refractivity contribution in [2.24, 2.45) is 5.73 Å². The molecule has 0 spiro atoms. The van der Waals surface area contributed by atoms with Crippen molar-refractivity contribution < 1.29 is 9.59 Å². The van der Waals surface area contributed by atoms with Gasteiger partial charge in [-0.05, 0) is 57.2 Å². The monoisotopic (exact) mass is 424 g/mol. The molecule has 1 fully saturated rings. The Morgan fingerprint density at radius 2 is 1.93 bits per heavy atom. The van der Waals surface area contributed by atoms with Gasteiger partial charge in [-0.15, -0.1) is 11.3 Å². The Morgan fingerprint density at radius 3 is 2.60 bits per heavy atom. The van der Waals surface area contributed by atoms with Gasteiger partial charge in [-0.2, -0.15) is 5.10 Å². The van der Waals surface area contributed by atoms with Crippen molar-refractivity contribution in [2.75, 3.05) is 25.0 Å². The van der Waals surface area contributed by atoms with E-state index >= 15 is 0 Å². The van der Waals surface area contributed by atoms with E-state index in [9.17, 15) is 9.59 Å². The number of hydrogen-bond acceptors (Lipinski definition) is 5. The molecule has 9 heteroatoms. The van der Waals surface area contributed by atoms with Crippen molar-refractivity contribution in [1.82, 2.24) is 20.4 Å². The Labute approximate surface area is 178 Å². The lowest BCUT2D eigenvalue weighted by molar-refractivity contribution is 0.100. The number of thiophene rings is 1. The largest absolute Gasteiger partial charge is 0.365 e. The summed E-state index contributed by atoms with van der Waals surface area (Å²) in [6.45, 7) is 1.91. The molecule has 4 rings (SSSR count). The fraction of sp³-hybridized carbons (Fsp3) is 0.286. The first-order chi connectivity index (χ1) is 14.5. The molecule has 0 saturated carbocycles. The number of aromatic amines is 1. The summed E-state index contributed by atoms with van der Waals surface area (Å²) in [7, 11) is 2.09. The third-order valence-corrected chi connectivity index (χ3v) is 6.31. The number of nitrogens with one attached hydrogen (secondary N) is 2. The van der Waals surface area contributed by atoms with E-state index in [1.54, 1.807) is 23.2 Å². The van der Waals surface area contributed by atoms with Gasteiger partial charge in [0.2, 0.25) is 0 Å². The molecule has 0 aliphatic carbocycles. The van der Waals surface area contributed by atoms with Crippen molar-refractivity contribution >= 4 is 34.6 Å². The molecule has 3 heterocycles. The van der Waals surface area contributed by atoms with E-state index in [1.165, 1.54) is 11.3 Å². The standard InChI is InChI=1S/C21H24N6O2S/c1-26-11-9-14(10-12-26)24-21(29)27(15-5-3-2-4-6-15)16-13-23-25-19(16)17-7-8-18(30-17)20(22)28/h2-8,13-14H,9-12H2,1H3,(H2,22,28)(H,23,25)(H,24,29). The third-order valence-electron chi connectivity index (χ3n) is 5.21. The fourth-order valence-corrected chi connectivity index (χ4v) is 4.42. The van der Waals surface area contributed by atoms with Crippen LogP contribution in [0.1, 0.15) is 22.5 Å². The van der Waals surface area contributed by atoms with Crippen LogP contribution in [-0.4, -0.2) is 53.2 Å². The van der Waals surface area contributed by atoms with Gasteiger partial charge in [0.25, 0.3) is 5.91 Å². The minimum atomic E-state index is -0.483. The lowest BCUT2D eigenvalue weighted by Crippen LogP contribution is -2.47. The molecular weight excluding hydrogens is 400 g/mol. The van der Waals surface area contributed by atoms with Crippen LogP contribution in [-0.2, 0) is 0 Å². The number of amides is 3. The fourth-order valence-electron chi connectivity index (χ4n) is 3.57. The highest BCUT2D eigenvalue weighted by Crippen LogP contribution is 2.37. The van der Waals surface area contributed by atoms with Crippen molar-refractivity contribution in [3.63, 3.8) is 0 Å². The van der Waals surface area contributed by atoms with Crippen LogP contribution in [0.4, 0.5) is 16.2 Å². The highest BCUT2D eigenvalue weighted by molar-refractivity contribution is 7.17. The van der Waals surface area contributed by atoms with Crippen LogP contribution >= 0.6 is 11.3 Å². The minimum absolute atomic E-state index is 0.124. The number of primary amides is 1. The van der Waals surface area contributed by atoms with Crippen molar-refractivity contribution in [3.8, 4) is 10.6 Å². The number of anilines is 2. The van der Waals surface area contributed by atoms with Crippen molar-refractivity contribution in [3.05, 3.63) is 53.5 Å². The first-order valence-corrected chi connectivity index (χ1v) is 10.6. The Bertz CT molecular complexity index is 1020. The second-order valence-corrected chi connectivity index (χ2v) is 8.43. The summed E-state index contributed by atoms with van der Waals surface area (Å²) in [5.74, 6) is -0.483. The molecule has 0 unspecified atom stereocenters. The van der Waals surface area contributed by atoms with Crippen molar-refractivity contribution in [1.29, 1.82) is 0 Å². The van der Waals surface area contributed by atoms with Crippen LogP contribution in [0.15, 0.2) is 48.7 Å². The number of H-pyrrole nitrogens is 1. The topological polar surface area (TPSA) is 107 Å². The van der Waals surface area contributed by atoms with Crippen LogP contribution in [0.3, 0.4) is 0 Å². The Hall–Kier alpha value is -3.17. The number of aromatic nitrogens is 2. The number of piperidine rings is 1. The summed E-state index contributed by atoms with van der Waals surface area (Å²) in [6.07, 6.45) is 3.52. The Morgan fingerprint density at radius 1 is 1.20 bits per heavy atom. The molecule has 1 aliphatic heterocycles. The average Bonchev–Trinajstić information content (AvgIpc) is 3.40. The predicted molar refractivity (Wildman–Crippen MR) is 118 cm³/mol. The zero-order valence-corrected chi connectivity index (χ0v) is 17.5. The number of nitrogens with two attached hydrogens (primary N) is 1. The van der Waals surface area contributed by atoms with E-state index in [1.807, 2.05) is 30.3 Å². The highest BCUT2D eigenvalue weighted by Gasteiger charge is 2.27. The van der Waals surface area contributed by atoms with Gasteiger partial charge in [-0.3, -0.25) is 14.8 Å². The average molecular weight is 425 g/mol. The summed E-state index contributed by atoms with van der Waals surface area (Å²) in [5, 5.41) is 10.4. The van der Waals surface area contributed by atoms with E-state index in [0.717, 1.165) is 36.5 Å². The highest BCUT2D eigenvalue weighted by atomic mass is 32.1. The zero-order valence-electron chi connectivity index (χ0n) is 16.7. The van der Waals surface area contributed by atoms with Gasteiger partial charge >= 0.3 is 6.03 Å². The molecule has 8 nitrogen and oxygen atoms in total. The molecule has 2 aromatic heterocycles. The van der Waals surface area contributed by atoms with Crippen molar-refractivity contribution in [2.45, 2.75) is 18.9 Å².